The third-order valence-corrected chi connectivity index (χ3v) is 4.15. The van der Waals surface area contributed by atoms with Gasteiger partial charge >= 0.3 is 0 Å². The number of benzene rings is 1. The number of aryl methyl sites for hydroxylation is 1. The third kappa shape index (κ3) is 3.17. The van der Waals surface area contributed by atoms with Crippen molar-refractivity contribution >= 4 is 22.9 Å². The van der Waals surface area contributed by atoms with Crippen LogP contribution in [-0.4, -0.2) is 17.4 Å². The maximum absolute atomic E-state index is 13.2. The van der Waals surface area contributed by atoms with E-state index < -0.39 is 0 Å². The van der Waals surface area contributed by atoms with E-state index in [4.69, 9.17) is 5.73 Å². The van der Waals surface area contributed by atoms with Gasteiger partial charge in [-0.3, -0.25) is 4.79 Å². The molecule has 0 bridgehead atoms. The van der Waals surface area contributed by atoms with Gasteiger partial charge in [-0.2, -0.15) is 0 Å². The van der Waals surface area contributed by atoms with Crippen LogP contribution in [0.1, 0.15) is 27.0 Å². The Labute approximate surface area is 121 Å². The largest absolute Gasteiger partial charge is 0.398 e. The molecule has 0 aliphatic rings. The lowest BCUT2D eigenvalue weighted by Gasteiger charge is -2.20. The summed E-state index contributed by atoms with van der Waals surface area (Å²) >= 11 is 1.39. The number of anilines is 1. The lowest BCUT2D eigenvalue weighted by Crippen LogP contribution is -2.29. The smallest absolute Gasteiger partial charge is 0.264 e. The summed E-state index contributed by atoms with van der Waals surface area (Å²) in [6.07, 6.45) is 0. The quantitative estimate of drug-likeness (QED) is 0.938. The summed E-state index contributed by atoms with van der Waals surface area (Å²) in [4.78, 5) is 15.7. The summed E-state index contributed by atoms with van der Waals surface area (Å²) in [5.74, 6) is -0.358. The number of thiophene rings is 1. The van der Waals surface area contributed by atoms with Crippen molar-refractivity contribution < 1.29 is 9.18 Å². The molecule has 0 aliphatic carbocycles. The van der Waals surface area contributed by atoms with Crippen LogP contribution < -0.4 is 5.73 Å². The number of hydrogen-bond acceptors (Lipinski definition) is 3. The van der Waals surface area contributed by atoms with Crippen LogP contribution in [0, 0.1) is 12.7 Å². The molecule has 0 fully saturated rings. The van der Waals surface area contributed by atoms with Crippen LogP contribution >= 0.6 is 11.3 Å². The Kier molecular flexibility index (Phi) is 4.39. The van der Waals surface area contributed by atoms with Crippen LogP contribution in [-0.2, 0) is 6.54 Å². The van der Waals surface area contributed by atoms with Crippen LogP contribution in [0.2, 0.25) is 0 Å². The molecule has 1 heterocycles. The fourth-order valence-electron chi connectivity index (χ4n) is 1.94. The predicted molar refractivity (Wildman–Crippen MR) is 80.3 cm³/mol. The molecule has 0 aliphatic heterocycles. The molecule has 5 heteroatoms. The summed E-state index contributed by atoms with van der Waals surface area (Å²) in [5, 5.41) is 0. The van der Waals surface area contributed by atoms with Gasteiger partial charge in [0.1, 0.15) is 5.82 Å². The highest BCUT2D eigenvalue weighted by Crippen LogP contribution is 2.25. The van der Waals surface area contributed by atoms with Crippen molar-refractivity contribution in [2.75, 3.05) is 12.3 Å². The van der Waals surface area contributed by atoms with Gasteiger partial charge in [-0.05, 0) is 37.6 Å². The van der Waals surface area contributed by atoms with Gasteiger partial charge in [0.05, 0.1) is 4.88 Å². The van der Waals surface area contributed by atoms with Gasteiger partial charge in [0.2, 0.25) is 0 Å². The maximum Gasteiger partial charge on any atom is 0.264 e. The number of nitrogens with two attached hydrogens (primary N) is 1. The number of nitrogens with zero attached hydrogens (tertiary/aromatic N) is 1. The van der Waals surface area contributed by atoms with Crippen molar-refractivity contribution in [1.29, 1.82) is 0 Å². The summed E-state index contributed by atoms with van der Waals surface area (Å²) < 4.78 is 13.2. The second kappa shape index (κ2) is 6.05. The van der Waals surface area contributed by atoms with Gasteiger partial charge in [-0.15, -0.1) is 11.3 Å². The molecule has 0 atom stereocenters. The van der Waals surface area contributed by atoms with Crippen molar-refractivity contribution in [2.24, 2.45) is 0 Å². The molecule has 1 amide bonds. The van der Waals surface area contributed by atoms with E-state index in [1.807, 2.05) is 19.9 Å². The van der Waals surface area contributed by atoms with Crippen LogP contribution in [0.3, 0.4) is 0 Å². The summed E-state index contributed by atoms with van der Waals surface area (Å²) in [5.41, 5.74) is 7.20. The van der Waals surface area contributed by atoms with E-state index in [2.05, 4.69) is 0 Å². The monoisotopic (exact) mass is 292 g/mol. The predicted octanol–water partition coefficient (Wildman–Crippen LogP) is 3.44. The fourth-order valence-corrected chi connectivity index (χ4v) is 2.85. The first-order chi connectivity index (χ1) is 9.51. The van der Waals surface area contributed by atoms with E-state index in [0.29, 0.717) is 23.7 Å². The molecule has 20 heavy (non-hydrogen) atoms. The van der Waals surface area contributed by atoms with Gasteiger partial charge in [0, 0.05) is 23.7 Å². The first kappa shape index (κ1) is 14.5. The Morgan fingerprint density at radius 2 is 2.15 bits per heavy atom. The summed E-state index contributed by atoms with van der Waals surface area (Å²) in [7, 11) is 0. The number of rotatable bonds is 4. The molecule has 0 unspecified atom stereocenters. The minimum atomic E-state index is -0.290. The first-order valence-corrected chi connectivity index (χ1v) is 7.22. The zero-order valence-corrected chi connectivity index (χ0v) is 12.3. The molecule has 0 radical (unpaired) electrons. The molecular formula is C15H17FN2OS. The van der Waals surface area contributed by atoms with Crippen molar-refractivity contribution in [3.05, 3.63) is 51.5 Å². The maximum atomic E-state index is 13.2. The number of carbonyl (C=O) groups is 1. The van der Waals surface area contributed by atoms with Crippen LogP contribution in [0.4, 0.5) is 10.1 Å². The van der Waals surface area contributed by atoms with Crippen molar-refractivity contribution in [3.8, 4) is 0 Å². The minimum absolute atomic E-state index is 0.0680. The van der Waals surface area contributed by atoms with Crippen molar-refractivity contribution in [1.82, 2.24) is 4.90 Å². The lowest BCUT2D eigenvalue weighted by atomic mass is 10.2. The molecule has 2 rings (SSSR count). The fraction of sp³-hybridized carbons (Fsp3) is 0.267. The third-order valence-electron chi connectivity index (χ3n) is 3.10. The molecule has 0 spiro atoms. The summed E-state index contributed by atoms with van der Waals surface area (Å²) in [6.45, 7) is 4.75. The number of amides is 1. The van der Waals surface area contributed by atoms with Gasteiger partial charge in [0.25, 0.3) is 5.91 Å². The standard InChI is InChI=1S/C15H17FN2OS/c1-3-18(9-11-5-4-6-12(16)7-11)15(19)14-8-13(17)10(2)20-14/h4-8H,3,9,17H2,1-2H3. The van der Waals surface area contributed by atoms with Crippen LogP contribution in [0.5, 0.6) is 0 Å². The number of carbonyl (C=O) groups excluding carboxylic acids is 1. The Bertz CT molecular complexity index is 605. The Morgan fingerprint density at radius 3 is 2.70 bits per heavy atom. The average molecular weight is 292 g/mol. The van der Waals surface area contributed by atoms with Crippen molar-refractivity contribution in [2.45, 2.75) is 20.4 Å². The SMILES string of the molecule is CCN(Cc1cccc(F)c1)C(=O)c1cc(N)c(C)s1. The van der Waals surface area contributed by atoms with Crippen LogP contribution in [0.25, 0.3) is 0 Å². The average Bonchev–Trinajstić information content (AvgIpc) is 2.75. The van der Waals surface area contributed by atoms with Crippen LogP contribution in [0.15, 0.2) is 30.3 Å². The molecule has 0 saturated heterocycles. The molecule has 106 valence electrons. The second-order valence-corrected chi connectivity index (χ2v) is 5.83. The highest BCUT2D eigenvalue weighted by molar-refractivity contribution is 7.14. The zero-order valence-electron chi connectivity index (χ0n) is 11.5. The summed E-state index contributed by atoms with van der Waals surface area (Å²) in [6, 6.07) is 8.01. The highest BCUT2D eigenvalue weighted by Gasteiger charge is 2.17. The zero-order chi connectivity index (χ0) is 14.7. The number of hydrogen-bond donors (Lipinski definition) is 1. The first-order valence-electron chi connectivity index (χ1n) is 6.41. The van der Waals surface area contributed by atoms with E-state index >= 15 is 0 Å². The van der Waals surface area contributed by atoms with E-state index in [1.54, 1.807) is 17.0 Å². The number of halogens is 1. The normalized spacial score (nSPS) is 10.6. The van der Waals surface area contributed by atoms with Gasteiger partial charge < -0.3 is 10.6 Å². The Hall–Kier alpha value is -1.88. The topological polar surface area (TPSA) is 46.3 Å². The molecule has 2 aromatic rings. The Morgan fingerprint density at radius 1 is 1.40 bits per heavy atom. The van der Waals surface area contributed by atoms with Crippen molar-refractivity contribution in [3.63, 3.8) is 0 Å². The second-order valence-electron chi connectivity index (χ2n) is 4.57. The van der Waals surface area contributed by atoms with E-state index in [9.17, 15) is 9.18 Å². The van der Waals surface area contributed by atoms with E-state index in [-0.39, 0.29) is 11.7 Å². The minimum Gasteiger partial charge on any atom is -0.398 e. The molecular weight excluding hydrogens is 275 g/mol. The lowest BCUT2D eigenvalue weighted by molar-refractivity contribution is 0.0757. The van der Waals surface area contributed by atoms with E-state index in [1.165, 1.54) is 23.5 Å². The molecule has 1 aromatic carbocycles. The molecule has 3 nitrogen and oxygen atoms in total. The van der Waals surface area contributed by atoms with Gasteiger partial charge in [-0.1, -0.05) is 12.1 Å². The molecule has 2 N–H and O–H groups in total. The molecule has 0 saturated carbocycles. The van der Waals surface area contributed by atoms with E-state index in [0.717, 1.165) is 10.4 Å². The highest BCUT2D eigenvalue weighted by atomic mass is 32.1. The van der Waals surface area contributed by atoms with Gasteiger partial charge in [-0.25, -0.2) is 4.39 Å². The Balaban J connectivity index is 2.17. The molecule has 1 aromatic heterocycles. The number of nitrogen functional groups attached to an aromatic ring is 1. The van der Waals surface area contributed by atoms with Gasteiger partial charge in [0.15, 0.2) is 0 Å².